The maximum Gasteiger partial charge on any atom is 0.333 e. The molecule has 0 aromatic heterocycles. The Bertz CT molecular complexity index is 1200. The topological polar surface area (TPSA) is 52.6 Å². The maximum atomic E-state index is 11.5. The summed E-state index contributed by atoms with van der Waals surface area (Å²) in [5.41, 5.74) is 8.87. The van der Waals surface area contributed by atoms with E-state index in [1.54, 1.807) is 6.92 Å². The van der Waals surface area contributed by atoms with Crippen molar-refractivity contribution in [3.05, 3.63) is 130 Å². The number of hydrogen-bond acceptors (Lipinski definition) is 4. The SMILES string of the molecule is C=CC(=O)OCc1ccc(CCc2ccc(CCc3ccc(COC(=O)C(=C)C)cc3)c(C)c2)cc1. The van der Waals surface area contributed by atoms with Gasteiger partial charge in [-0.25, -0.2) is 9.59 Å². The molecule has 0 aliphatic rings. The molecule has 3 rings (SSSR count). The van der Waals surface area contributed by atoms with Crippen LogP contribution >= 0.6 is 0 Å². The Morgan fingerprint density at radius 2 is 1.19 bits per heavy atom. The van der Waals surface area contributed by atoms with E-state index in [2.05, 4.69) is 62.5 Å². The highest BCUT2D eigenvalue weighted by molar-refractivity contribution is 5.86. The minimum atomic E-state index is -0.408. The lowest BCUT2D eigenvalue weighted by Gasteiger charge is -2.10. The van der Waals surface area contributed by atoms with Gasteiger partial charge in [0.15, 0.2) is 0 Å². The molecule has 0 spiro atoms. The standard InChI is InChI=1S/C32H34O4/c1-5-31(33)35-21-28-12-7-25(8-13-28)6-11-27-17-19-30(24(4)20-27)18-16-26-9-14-29(15-10-26)22-36-32(34)23(2)3/h5,7-10,12-15,17,19-20H,1-2,6,11,16,18,21-22H2,3-4H3. The molecule has 0 amide bonds. The lowest BCUT2D eigenvalue weighted by molar-refractivity contribution is -0.140. The molecule has 0 saturated heterocycles. The Kier molecular flexibility index (Phi) is 9.82. The first-order valence-corrected chi connectivity index (χ1v) is 12.2. The summed E-state index contributed by atoms with van der Waals surface area (Å²) >= 11 is 0. The van der Waals surface area contributed by atoms with Gasteiger partial charge in [0.2, 0.25) is 0 Å². The van der Waals surface area contributed by atoms with Crippen molar-refractivity contribution in [1.82, 2.24) is 0 Å². The van der Waals surface area contributed by atoms with E-state index in [4.69, 9.17) is 9.47 Å². The lowest BCUT2D eigenvalue weighted by atomic mass is 9.96. The van der Waals surface area contributed by atoms with Gasteiger partial charge in [-0.15, -0.1) is 0 Å². The van der Waals surface area contributed by atoms with Crippen LogP contribution < -0.4 is 0 Å². The summed E-state index contributed by atoms with van der Waals surface area (Å²) in [6.45, 7) is 11.4. The molecule has 0 unspecified atom stereocenters. The molecule has 0 bridgehead atoms. The number of rotatable bonds is 12. The second kappa shape index (κ2) is 13.2. The third-order valence-electron chi connectivity index (χ3n) is 6.10. The minimum Gasteiger partial charge on any atom is -0.458 e. The Labute approximate surface area is 214 Å². The molecule has 0 heterocycles. The fraction of sp³-hybridized carbons (Fsp3) is 0.250. The number of carbonyl (C=O) groups excluding carboxylic acids is 2. The molecule has 4 nitrogen and oxygen atoms in total. The van der Waals surface area contributed by atoms with Gasteiger partial charge in [-0.2, -0.15) is 0 Å². The third-order valence-corrected chi connectivity index (χ3v) is 6.10. The van der Waals surface area contributed by atoms with E-state index in [1.165, 1.54) is 33.9 Å². The highest BCUT2D eigenvalue weighted by Crippen LogP contribution is 2.17. The van der Waals surface area contributed by atoms with E-state index in [9.17, 15) is 9.59 Å². The molecule has 0 saturated carbocycles. The molecule has 0 fully saturated rings. The second-order valence-electron chi connectivity index (χ2n) is 9.06. The Balaban J connectivity index is 1.46. The first-order chi connectivity index (χ1) is 17.3. The number of aryl methyl sites for hydroxylation is 5. The predicted molar refractivity (Wildman–Crippen MR) is 143 cm³/mol. The van der Waals surface area contributed by atoms with Crippen LogP contribution in [0, 0.1) is 6.92 Å². The van der Waals surface area contributed by atoms with Crippen molar-refractivity contribution in [1.29, 1.82) is 0 Å². The van der Waals surface area contributed by atoms with Crippen LogP contribution in [-0.2, 0) is 58.0 Å². The van der Waals surface area contributed by atoms with Crippen LogP contribution in [0.25, 0.3) is 0 Å². The van der Waals surface area contributed by atoms with Crippen molar-refractivity contribution < 1.29 is 19.1 Å². The summed E-state index contributed by atoms with van der Waals surface area (Å²) in [5.74, 6) is -0.769. The molecule has 186 valence electrons. The third kappa shape index (κ3) is 8.38. The summed E-state index contributed by atoms with van der Waals surface area (Å²) < 4.78 is 10.3. The van der Waals surface area contributed by atoms with Crippen LogP contribution in [0.5, 0.6) is 0 Å². The average molecular weight is 483 g/mol. The zero-order valence-corrected chi connectivity index (χ0v) is 21.2. The van der Waals surface area contributed by atoms with E-state index >= 15 is 0 Å². The number of esters is 2. The predicted octanol–water partition coefficient (Wildman–Crippen LogP) is 6.41. The van der Waals surface area contributed by atoms with Crippen molar-refractivity contribution in [2.45, 2.75) is 52.7 Å². The van der Waals surface area contributed by atoms with E-state index in [0.717, 1.165) is 36.8 Å². The second-order valence-corrected chi connectivity index (χ2v) is 9.06. The number of ether oxygens (including phenoxy) is 2. The Morgan fingerprint density at radius 3 is 1.72 bits per heavy atom. The van der Waals surface area contributed by atoms with E-state index in [-0.39, 0.29) is 19.2 Å². The molecule has 0 N–H and O–H groups in total. The fourth-order valence-corrected chi connectivity index (χ4v) is 3.85. The smallest absolute Gasteiger partial charge is 0.333 e. The molecule has 3 aromatic carbocycles. The van der Waals surface area contributed by atoms with Crippen molar-refractivity contribution in [2.24, 2.45) is 0 Å². The molecule has 0 radical (unpaired) electrons. The quantitative estimate of drug-likeness (QED) is 0.221. The van der Waals surface area contributed by atoms with Crippen LogP contribution in [0.1, 0.15) is 45.9 Å². The molecule has 0 aliphatic carbocycles. The van der Waals surface area contributed by atoms with Gasteiger partial charge >= 0.3 is 11.9 Å². The summed E-state index contributed by atoms with van der Waals surface area (Å²) in [6.07, 6.45) is 5.05. The highest BCUT2D eigenvalue weighted by Gasteiger charge is 2.06. The molecule has 36 heavy (non-hydrogen) atoms. The molecule has 3 aromatic rings. The number of benzene rings is 3. The van der Waals surface area contributed by atoms with Crippen molar-refractivity contribution in [3.63, 3.8) is 0 Å². The normalized spacial score (nSPS) is 10.5. The zero-order valence-electron chi connectivity index (χ0n) is 21.2. The Morgan fingerprint density at radius 1 is 0.722 bits per heavy atom. The number of carbonyl (C=O) groups is 2. The summed E-state index contributed by atoms with van der Waals surface area (Å²) in [6, 6.07) is 23.2. The van der Waals surface area contributed by atoms with Gasteiger partial charge in [0.05, 0.1) is 0 Å². The minimum absolute atomic E-state index is 0.265. The van der Waals surface area contributed by atoms with Gasteiger partial charge in [-0.1, -0.05) is 79.9 Å². The van der Waals surface area contributed by atoms with Crippen LogP contribution in [0.3, 0.4) is 0 Å². The van der Waals surface area contributed by atoms with Gasteiger partial charge in [0.1, 0.15) is 13.2 Å². The average Bonchev–Trinajstić information content (AvgIpc) is 2.89. The molecular formula is C32H34O4. The van der Waals surface area contributed by atoms with Crippen LogP contribution in [0.4, 0.5) is 0 Å². The summed E-state index contributed by atoms with van der Waals surface area (Å²) in [5, 5.41) is 0. The summed E-state index contributed by atoms with van der Waals surface area (Å²) in [7, 11) is 0. The lowest BCUT2D eigenvalue weighted by Crippen LogP contribution is -2.04. The van der Waals surface area contributed by atoms with E-state index in [1.807, 2.05) is 24.3 Å². The number of hydrogen-bond donors (Lipinski definition) is 0. The van der Waals surface area contributed by atoms with Gasteiger partial charge in [0, 0.05) is 11.6 Å². The molecular weight excluding hydrogens is 448 g/mol. The zero-order chi connectivity index (χ0) is 25.9. The summed E-state index contributed by atoms with van der Waals surface area (Å²) in [4.78, 5) is 22.7. The van der Waals surface area contributed by atoms with Gasteiger partial charge < -0.3 is 9.47 Å². The maximum absolute atomic E-state index is 11.5. The molecule has 0 atom stereocenters. The van der Waals surface area contributed by atoms with Gasteiger partial charge in [-0.05, 0) is 78.5 Å². The van der Waals surface area contributed by atoms with E-state index in [0.29, 0.717) is 5.57 Å². The monoisotopic (exact) mass is 482 g/mol. The first kappa shape index (κ1) is 26.7. The Hall–Kier alpha value is -3.92. The van der Waals surface area contributed by atoms with Gasteiger partial charge in [0.25, 0.3) is 0 Å². The van der Waals surface area contributed by atoms with Crippen LogP contribution in [0.2, 0.25) is 0 Å². The molecule has 4 heteroatoms. The fourth-order valence-electron chi connectivity index (χ4n) is 3.85. The van der Waals surface area contributed by atoms with Gasteiger partial charge in [-0.3, -0.25) is 0 Å². The largest absolute Gasteiger partial charge is 0.458 e. The van der Waals surface area contributed by atoms with Crippen LogP contribution in [-0.4, -0.2) is 11.9 Å². The van der Waals surface area contributed by atoms with Crippen molar-refractivity contribution >= 4 is 11.9 Å². The molecule has 0 aliphatic heterocycles. The van der Waals surface area contributed by atoms with Crippen LogP contribution in [0.15, 0.2) is 91.5 Å². The first-order valence-electron chi connectivity index (χ1n) is 12.2. The van der Waals surface area contributed by atoms with E-state index < -0.39 is 5.97 Å². The van der Waals surface area contributed by atoms with Crippen molar-refractivity contribution in [2.75, 3.05) is 0 Å². The highest BCUT2D eigenvalue weighted by atomic mass is 16.5. The van der Waals surface area contributed by atoms with Crippen molar-refractivity contribution in [3.8, 4) is 0 Å².